The molecule has 102 valence electrons. The maximum absolute atomic E-state index is 13.3. The van der Waals surface area contributed by atoms with Crippen LogP contribution in [0.15, 0.2) is 36.4 Å². The molecule has 0 heterocycles. The fraction of sp³-hybridized carbons (Fsp3) is 0.250. The summed E-state index contributed by atoms with van der Waals surface area (Å²) in [4.78, 5) is 0. The quantitative estimate of drug-likeness (QED) is 0.705. The molecule has 2 aromatic rings. The van der Waals surface area contributed by atoms with Gasteiger partial charge in [0.05, 0.1) is 0 Å². The predicted octanol–water partition coefficient (Wildman–Crippen LogP) is 5.40. The first-order valence-electron chi connectivity index (χ1n) is 6.26. The Bertz CT molecular complexity index is 550. The van der Waals surface area contributed by atoms with E-state index in [2.05, 4.69) is 0 Å². The topological polar surface area (TPSA) is 9.23 Å². The SMILES string of the molecule is CC.Cc1ccc(Oc2ccc(F)cc2C)cc1F. The minimum Gasteiger partial charge on any atom is -0.457 e. The fourth-order valence-electron chi connectivity index (χ4n) is 1.49. The standard InChI is InChI=1S/C14H12F2O.C2H6/c1-9-3-5-12(8-13(9)16)17-14-6-4-11(15)7-10(14)2;1-2/h3-8H,1-2H3;1-2H3. The van der Waals surface area contributed by atoms with Gasteiger partial charge in [-0.2, -0.15) is 0 Å². The van der Waals surface area contributed by atoms with E-state index in [9.17, 15) is 8.78 Å². The molecule has 0 saturated heterocycles. The van der Waals surface area contributed by atoms with Crippen LogP contribution in [-0.4, -0.2) is 0 Å². The molecular weight excluding hydrogens is 246 g/mol. The second-order valence-electron chi connectivity index (χ2n) is 3.92. The number of benzene rings is 2. The van der Waals surface area contributed by atoms with Crippen molar-refractivity contribution >= 4 is 0 Å². The summed E-state index contributed by atoms with van der Waals surface area (Å²) in [7, 11) is 0. The van der Waals surface area contributed by atoms with Gasteiger partial charge in [0.2, 0.25) is 0 Å². The Hall–Kier alpha value is -1.90. The highest BCUT2D eigenvalue weighted by atomic mass is 19.1. The number of halogens is 2. The minimum absolute atomic E-state index is 0.315. The van der Waals surface area contributed by atoms with Crippen LogP contribution in [0.5, 0.6) is 11.5 Å². The Kier molecular flexibility index (Phi) is 5.49. The molecule has 0 amide bonds. The number of aryl methyl sites for hydroxylation is 2. The van der Waals surface area contributed by atoms with Gasteiger partial charge in [-0.05, 0) is 49.2 Å². The van der Waals surface area contributed by atoms with Crippen molar-refractivity contribution < 1.29 is 13.5 Å². The molecule has 0 radical (unpaired) electrons. The molecule has 0 N–H and O–H groups in total. The van der Waals surface area contributed by atoms with E-state index in [-0.39, 0.29) is 11.6 Å². The van der Waals surface area contributed by atoms with E-state index in [0.29, 0.717) is 22.6 Å². The van der Waals surface area contributed by atoms with Crippen molar-refractivity contribution in [3.8, 4) is 11.5 Å². The van der Waals surface area contributed by atoms with Gasteiger partial charge in [-0.25, -0.2) is 8.78 Å². The zero-order valence-electron chi connectivity index (χ0n) is 11.6. The van der Waals surface area contributed by atoms with Crippen LogP contribution in [0.4, 0.5) is 8.78 Å². The van der Waals surface area contributed by atoms with E-state index in [4.69, 9.17) is 4.74 Å². The van der Waals surface area contributed by atoms with Crippen LogP contribution in [0.2, 0.25) is 0 Å². The molecule has 0 aliphatic heterocycles. The van der Waals surface area contributed by atoms with Crippen LogP contribution in [0.25, 0.3) is 0 Å². The van der Waals surface area contributed by atoms with Gasteiger partial charge in [-0.1, -0.05) is 19.9 Å². The molecule has 0 spiro atoms. The minimum atomic E-state index is -0.317. The highest BCUT2D eigenvalue weighted by Gasteiger charge is 2.05. The monoisotopic (exact) mass is 264 g/mol. The van der Waals surface area contributed by atoms with Crippen molar-refractivity contribution in [1.29, 1.82) is 0 Å². The lowest BCUT2D eigenvalue weighted by molar-refractivity contribution is 0.470. The molecular formula is C16H18F2O. The average molecular weight is 264 g/mol. The smallest absolute Gasteiger partial charge is 0.130 e. The summed E-state index contributed by atoms with van der Waals surface area (Å²) >= 11 is 0. The third-order valence-corrected chi connectivity index (χ3v) is 2.51. The van der Waals surface area contributed by atoms with Crippen LogP contribution in [0, 0.1) is 25.5 Å². The molecule has 0 aromatic heterocycles. The van der Waals surface area contributed by atoms with Gasteiger partial charge in [-0.3, -0.25) is 0 Å². The Morgan fingerprint density at radius 3 is 2.11 bits per heavy atom. The van der Waals surface area contributed by atoms with E-state index in [0.717, 1.165) is 0 Å². The maximum atomic E-state index is 13.3. The molecule has 2 rings (SSSR count). The highest BCUT2D eigenvalue weighted by molar-refractivity contribution is 5.38. The summed E-state index contributed by atoms with van der Waals surface area (Å²) in [5, 5.41) is 0. The molecule has 2 aromatic carbocycles. The maximum Gasteiger partial charge on any atom is 0.130 e. The summed E-state index contributed by atoms with van der Waals surface area (Å²) in [6.07, 6.45) is 0. The first kappa shape index (κ1) is 15.2. The summed E-state index contributed by atoms with van der Waals surface area (Å²) in [6.45, 7) is 7.42. The van der Waals surface area contributed by atoms with Gasteiger partial charge in [0.15, 0.2) is 0 Å². The lowest BCUT2D eigenvalue weighted by Gasteiger charge is -2.09. The number of hydrogen-bond donors (Lipinski definition) is 0. The van der Waals surface area contributed by atoms with E-state index in [1.807, 2.05) is 13.8 Å². The molecule has 1 nitrogen and oxygen atoms in total. The molecule has 0 aliphatic rings. The van der Waals surface area contributed by atoms with Crippen molar-refractivity contribution in [2.75, 3.05) is 0 Å². The Balaban J connectivity index is 0.000000861. The van der Waals surface area contributed by atoms with Gasteiger partial charge < -0.3 is 4.74 Å². The molecule has 19 heavy (non-hydrogen) atoms. The summed E-state index contributed by atoms with van der Waals surface area (Å²) in [6, 6.07) is 8.86. The molecule has 0 unspecified atom stereocenters. The second kappa shape index (κ2) is 6.88. The third kappa shape index (κ3) is 4.05. The Labute approximate surface area is 112 Å². The van der Waals surface area contributed by atoms with E-state index >= 15 is 0 Å². The summed E-state index contributed by atoms with van der Waals surface area (Å²) in [5.74, 6) is 0.296. The van der Waals surface area contributed by atoms with Gasteiger partial charge in [0, 0.05) is 6.07 Å². The van der Waals surface area contributed by atoms with Gasteiger partial charge in [0.25, 0.3) is 0 Å². The number of ether oxygens (including phenoxy) is 1. The normalized spacial score (nSPS) is 9.58. The first-order chi connectivity index (χ1) is 9.06. The molecule has 0 atom stereocenters. The molecule has 3 heteroatoms. The van der Waals surface area contributed by atoms with E-state index in [1.165, 1.54) is 24.3 Å². The highest BCUT2D eigenvalue weighted by Crippen LogP contribution is 2.26. The van der Waals surface area contributed by atoms with Crippen LogP contribution in [0.1, 0.15) is 25.0 Å². The largest absolute Gasteiger partial charge is 0.457 e. The average Bonchev–Trinajstić information content (AvgIpc) is 2.39. The lowest BCUT2D eigenvalue weighted by atomic mass is 10.2. The molecule has 0 fully saturated rings. The summed E-state index contributed by atoms with van der Waals surface area (Å²) in [5.41, 5.74) is 1.24. The van der Waals surface area contributed by atoms with Gasteiger partial charge in [0.1, 0.15) is 23.1 Å². The second-order valence-corrected chi connectivity index (χ2v) is 3.92. The van der Waals surface area contributed by atoms with Crippen molar-refractivity contribution in [3.63, 3.8) is 0 Å². The zero-order valence-corrected chi connectivity index (χ0v) is 11.6. The van der Waals surface area contributed by atoms with Crippen molar-refractivity contribution in [2.24, 2.45) is 0 Å². The summed E-state index contributed by atoms with van der Waals surface area (Å²) < 4.78 is 31.7. The zero-order chi connectivity index (χ0) is 14.4. The third-order valence-electron chi connectivity index (χ3n) is 2.51. The Morgan fingerprint density at radius 1 is 0.842 bits per heavy atom. The Morgan fingerprint density at radius 2 is 1.53 bits per heavy atom. The van der Waals surface area contributed by atoms with Crippen molar-refractivity contribution in [1.82, 2.24) is 0 Å². The van der Waals surface area contributed by atoms with Crippen LogP contribution in [0.3, 0.4) is 0 Å². The molecule has 0 bridgehead atoms. The lowest BCUT2D eigenvalue weighted by Crippen LogP contribution is -1.90. The van der Waals surface area contributed by atoms with Gasteiger partial charge >= 0.3 is 0 Å². The predicted molar refractivity (Wildman–Crippen MR) is 73.7 cm³/mol. The van der Waals surface area contributed by atoms with Crippen LogP contribution < -0.4 is 4.74 Å². The van der Waals surface area contributed by atoms with Crippen LogP contribution in [-0.2, 0) is 0 Å². The van der Waals surface area contributed by atoms with E-state index < -0.39 is 0 Å². The van der Waals surface area contributed by atoms with Crippen molar-refractivity contribution in [3.05, 3.63) is 59.2 Å². The number of hydrogen-bond acceptors (Lipinski definition) is 1. The van der Waals surface area contributed by atoms with Crippen molar-refractivity contribution in [2.45, 2.75) is 27.7 Å². The molecule has 0 saturated carbocycles. The van der Waals surface area contributed by atoms with E-state index in [1.54, 1.807) is 26.0 Å². The fourth-order valence-corrected chi connectivity index (χ4v) is 1.49. The van der Waals surface area contributed by atoms with Gasteiger partial charge in [-0.15, -0.1) is 0 Å². The van der Waals surface area contributed by atoms with Crippen LogP contribution >= 0.6 is 0 Å². The number of rotatable bonds is 2. The first-order valence-corrected chi connectivity index (χ1v) is 6.26. The molecule has 0 aliphatic carbocycles.